The Labute approximate surface area is 212 Å². The normalized spacial score (nSPS) is 11.4. The third kappa shape index (κ3) is 5.33. The van der Waals surface area contributed by atoms with Gasteiger partial charge in [-0.25, -0.2) is 4.98 Å². The second-order valence-electron chi connectivity index (χ2n) is 9.13. The number of nitrogens with zero attached hydrogens (tertiary/aromatic N) is 3. The van der Waals surface area contributed by atoms with E-state index in [0.29, 0.717) is 11.3 Å². The lowest BCUT2D eigenvalue weighted by Gasteiger charge is -2.24. The summed E-state index contributed by atoms with van der Waals surface area (Å²) in [6.07, 6.45) is 2.96. The van der Waals surface area contributed by atoms with Gasteiger partial charge in [0.25, 0.3) is 15.9 Å². The number of hydrogen-bond acceptors (Lipinski definition) is 4. The van der Waals surface area contributed by atoms with E-state index in [9.17, 15) is 13.2 Å². The Bertz CT molecular complexity index is 1520. The highest BCUT2D eigenvalue weighted by molar-refractivity contribution is 7.92. The molecule has 4 aromatic rings. The molecule has 36 heavy (non-hydrogen) atoms. The van der Waals surface area contributed by atoms with Crippen molar-refractivity contribution in [3.8, 4) is 0 Å². The van der Waals surface area contributed by atoms with Crippen molar-refractivity contribution in [2.24, 2.45) is 7.05 Å². The van der Waals surface area contributed by atoms with Gasteiger partial charge in [-0.2, -0.15) is 8.42 Å². The average molecular weight is 503 g/mol. The van der Waals surface area contributed by atoms with Crippen LogP contribution in [0.3, 0.4) is 0 Å². The summed E-state index contributed by atoms with van der Waals surface area (Å²) in [6.45, 7) is 7.96. The molecule has 0 atom stereocenters. The summed E-state index contributed by atoms with van der Waals surface area (Å²) >= 11 is 0. The monoisotopic (exact) mass is 502 g/mol. The van der Waals surface area contributed by atoms with Gasteiger partial charge in [-0.15, -0.1) is 0 Å². The van der Waals surface area contributed by atoms with Crippen molar-refractivity contribution in [2.75, 3.05) is 9.62 Å². The maximum Gasteiger partial charge on any atom is 0.283 e. The summed E-state index contributed by atoms with van der Waals surface area (Å²) in [6, 6.07) is 18.5. The minimum Gasteiger partial charge on any atom is -0.339 e. The Kier molecular flexibility index (Phi) is 6.99. The van der Waals surface area contributed by atoms with Gasteiger partial charge in [-0.3, -0.25) is 9.10 Å². The molecule has 0 saturated carbocycles. The van der Waals surface area contributed by atoms with E-state index >= 15 is 0 Å². The van der Waals surface area contributed by atoms with Gasteiger partial charge in [0.05, 0.1) is 18.6 Å². The van der Waals surface area contributed by atoms with E-state index in [2.05, 4.69) is 10.3 Å². The lowest BCUT2D eigenvalue weighted by molar-refractivity contribution is 0.102. The Hall–Kier alpha value is -3.91. The van der Waals surface area contributed by atoms with Crippen molar-refractivity contribution in [3.05, 3.63) is 107 Å². The molecule has 1 N–H and O–H groups in total. The number of carbonyl (C=O) groups is 1. The predicted octanol–water partition coefficient (Wildman–Crippen LogP) is 5.30. The summed E-state index contributed by atoms with van der Waals surface area (Å²) in [7, 11) is -2.18. The van der Waals surface area contributed by atoms with Crippen LogP contribution in [-0.4, -0.2) is 23.9 Å². The topological polar surface area (TPSA) is 84.3 Å². The Morgan fingerprint density at radius 3 is 2.25 bits per heavy atom. The molecule has 1 aromatic heterocycles. The number of aryl methyl sites for hydroxylation is 5. The highest BCUT2D eigenvalue weighted by Crippen LogP contribution is 2.27. The molecule has 0 unspecified atom stereocenters. The molecule has 0 spiro atoms. The molecule has 1 amide bonds. The molecule has 0 saturated heterocycles. The third-order valence-electron chi connectivity index (χ3n) is 6.20. The van der Waals surface area contributed by atoms with E-state index in [1.807, 2.05) is 58.0 Å². The summed E-state index contributed by atoms with van der Waals surface area (Å²) in [5.41, 5.74) is 6.68. The van der Waals surface area contributed by atoms with Gasteiger partial charge in [0.2, 0.25) is 0 Å². The lowest BCUT2D eigenvalue weighted by Crippen LogP contribution is -2.31. The molecule has 186 valence electrons. The van der Waals surface area contributed by atoms with Gasteiger partial charge >= 0.3 is 0 Å². The number of imidazole rings is 1. The number of hydrogen-bond donors (Lipinski definition) is 1. The molecule has 0 aliphatic carbocycles. The summed E-state index contributed by atoms with van der Waals surface area (Å²) in [5, 5.41) is 2.94. The molecular formula is C28H30N4O3S. The van der Waals surface area contributed by atoms with E-state index < -0.39 is 10.0 Å². The maximum atomic E-state index is 13.6. The minimum absolute atomic E-state index is 0.0206. The zero-order valence-corrected chi connectivity index (χ0v) is 21.9. The molecule has 0 bridgehead atoms. The van der Waals surface area contributed by atoms with Crippen LogP contribution in [0.25, 0.3) is 0 Å². The van der Waals surface area contributed by atoms with E-state index in [1.54, 1.807) is 41.9 Å². The SMILES string of the molecule is Cc1ccc(C)c(NC(=O)c2ccc(CN(c3ccc(C)c(C)c3)S(=O)(=O)c3cn(C)cn3)cc2)c1. The average Bonchev–Trinajstić information content (AvgIpc) is 3.29. The van der Waals surface area contributed by atoms with Gasteiger partial charge in [0.15, 0.2) is 5.03 Å². The van der Waals surface area contributed by atoms with Crippen LogP contribution in [0.15, 0.2) is 78.2 Å². The molecule has 7 nitrogen and oxygen atoms in total. The number of aromatic nitrogens is 2. The summed E-state index contributed by atoms with van der Waals surface area (Å²) in [4.78, 5) is 16.9. The quantitative estimate of drug-likeness (QED) is 0.372. The Morgan fingerprint density at radius 2 is 1.61 bits per heavy atom. The smallest absolute Gasteiger partial charge is 0.283 e. The maximum absolute atomic E-state index is 13.6. The number of sulfonamides is 1. The van der Waals surface area contributed by atoms with Gasteiger partial charge in [-0.05, 0) is 85.8 Å². The number of carbonyl (C=O) groups excluding carboxylic acids is 1. The third-order valence-corrected chi connectivity index (χ3v) is 7.86. The summed E-state index contributed by atoms with van der Waals surface area (Å²) in [5.74, 6) is -0.220. The van der Waals surface area contributed by atoms with E-state index in [-0.39, 0.29) is 17.5 Å². The zero-order valence-electron chi connectivity index (χ0n) is 21.1. The van der Waals surface area contributed by atoms with Crippen LogP contribution >= 0.6 is 0 Å². The van der Waals surface area contributed by atoms with E-state index in [0.717, 1.165) is 33.5 Å². The first-order valence-corrected chi connectivity index (χ1v) is 13.0. The second-order valence-corrected chi connectivity index (χ2v) is 10.9. The minimum atomic E-state index is -3.91. The van der Waals surface area contributed by atoms with Crippen LogP contribution in [0.1, 0.15) is 38.2 Å². The lowest BCUT2D eigenvalue weighted by atomic mass is 10.1. The zero-order chi connectivity index (χ0) is 26.0. The van der Waals surface area contributed by atoms with Crippen LogP contribution in [0, 0.1) is 27.7 Å². The van der Waals surface area contributed by atoms with Crippen LogP contribution in [0.4, 0.5) is 11.4 Å². The van der Waals surface area contributed by atoms with Crippen molar-refractivity contribution in [1.82, 2.24) is 9.55 Å². The van der Waals surface area contributed by atoms with Gasteiger partial charge in [-0.1, -0.05) is 30.3 Å². The first-order chi connectivity index (χ1) is 17.0. The van der Waals surface area contributed by atoms with Crippen molar-refractivity contribution in [3.63, 3.8) is 0 Å². The molecule has 0 aliphatic rings. The first-order valence-electron chi connectivity index (χ1n) is 11.6. The number of benzene rings is 3. The molecule has 1 heterocycles. The summed E-state index contributed by atoms with van der Waals surface area (Å²) < 4.78 is 30.1. The molecule has 0 aliphatic heterocycles. The van der Waals surface area contributed by atoms with E-state index in [1.165, 1.54) is 16.8 Å². The van der Waals surface area contributed by atoms with Crippen molar-refractivity contribution in [2.45, 2.75) is 39.3 Å². The van der Waals surface area contributed by atoms with E-state index in [4.69, 9.17) is 0 Å². The van der Waals surface area contributed by atoms with Crippen LogP contribution in [0.5, 0.6) is 0 Å². The molecule has 8 heteroatoms. The fourth-order valence-electron chi connectivity index (χ4n) is 3.82. The molecule has 0 fully saturated rings. The number of amides is 1. The fraction of sp³-hybridized carbons (Fsp3) is 0.214. The largest absolute Gasteiger partial charge is 0.339 e. The fourth-order valence-corrected chi connectivity index (χ4v) is 5.24. The predicted molar refractivity (Wildman–Crippen MR) is 143 cm³/mol. The van der Waals surface area contributed by atoms with Crippen LogP contribution < -0.4 is 9.62 Å². The number of rotatable bonds is 7. The highest BCUT2D eigenvalue weighted by atomic mass is 32.2. The van der Waals surface area contributed by atoms with Crippen molar-refractivity contribution < 1.29 is 13.2 Å². The van der Waals surface area contributed by atoms with Gasteiger partial charge in [0, 0.05) is 24.5 Å². The molecule has 3 aromatic carbocycles. The molecule has 0 radical (unpaired) electrons. The molecule has 4 rings (SSSR count). The number of nitrogens with one attached hydrogen (secondary N) is 1. The standard InChI is InChI=1S/C28H30N4O3S/c1-19-6-7-21(3)26(14-19)30-28(33)24-11-9-23(10-12-24)16-32(25-13-8-20(2)22(4)15-25)36(34,35)27-17-31(5)18-29-27/h6-15,17-18H,16H2,1-5H3,(H,30,33). The second kappa shape index (κ2) is 9.99. The Balaban J connectivity index is 1.62. The Morgan fingerprint density at radius 1 is 0.917 bits per heavy atom. The van der Waals surface area contributed by atoms with Crippen LogP contribution in [0.2, 0.25) is 0 Å². The number of anilines is 2. The van der Waals surface area contributed by atoms with Gasteiger partial charge in [0.1, 0.15) is 0 Å². The van der Waals surface area contributed by atoms with Crippen molar-refractivity contribution in [1.29, 1.82) is 0 Å². The first kappa shape index (κ1) is 25.2. The highest BCUT2D eigenvalue weighted by Gasteiger charge is 2.28. The van der Waals surface area contributed by atoms with Gasteiger partial charge < -0.3 is 9.88 Å². The molecular weight excluding hydrogens is 472 g/mol. The van der Waals surface area contributed by atoms with Crippen molar-refractivity contribution >= 4 is 27.3 Å². The van der Waals surface area contributed by atoms with Crippen LogP contribution in [-0.2, 0) is 23.6 Å².